The summed E-state index contributed by atoms with van der Waals surface area (Å²) in [7, 11) is 1.99. The van der Waals surface area contributed by atoms with E-state index in [1.807, 2.05) is 0 Å². The summed E-state index contributed by atoms with van der Waals surface area (Å²) >= 11 is 0. The van der Waals surface area contributed by atoms with E-state index in [-0.39, 0.29) is 11.1 Å². The lowest BCUT2D eigenvalue weighted by Gasteiger charge is -2.18. The molecule has 0 spiro atoms. The van der Waals surface area contributed by atoms with E-state index in [2.05, 4.69) is 0 Å². The molecule has 9 heteroatoms. The maximum Gasteiger partial charge on any atom is 0.261 e. The molecule has 4 nitrogen and oxygen atoms in total. The van der Waals surface area contributed by atoms with E-state index in [0.717, 1.165) is 13.1 Å². The Hall–Kier alpha value is -1.28. The quantitative estimate of drug-likeness (QED) is 0.797. The zero-order chi connectivity index (χ0) is 15.7. The summed E-state index contributed by atoms with van der Waals surface area (Å²) in [6.45, 7) is 0.399. The highest BCUT2D eigenvalue weighted by atomic mass is 35.7. The second-order valence-corrected chi connectivity index (χ2v) is 6.63. The third-order valence-corrected chi connectivity index (χ3v) is 4.02. The van der Waals surface area contributed by atoms with Gasteiger partial charge in [0.15, 0.2) is 0 Å². The summed E-state index contributed by atoms with van der Waals surface area (Å²) < 4.78 is 60.4. The lowest BCUT2D eigenvalue weighted by atomic mass is 10.1. The molecular weight excluding hydrogens is 319 g/mol. The molecule has 0 atom stereocenters. The molecule has 0 saturated carbocycles. The minimum atomic E-state index is -4.25. The number of alkyl halides is 2. The van der Waals surface area contributed by atoms with Gasteiger partial charge in [-0.25, -0.2) is 21.6 Å². The number of halogens is 4. The van der Waals surface area contributed by atoms with Gasteiger partial charge >= 0.3 is 0 Å². The monoisotopic (exact) mass is 329 g/mol. The van der Waals surface area contributed by atoms with Gasteiger partial charge in [-0.05, 0) is 24.6 Å². The van der Waals surface area contributed by atoms with Crippen LogP contribution in [0.5, 0.6) is 0 Å². The Morgan fingerprint density at radius 1 is 1.40 bits per heavy atom. The Bertz CT molecular complexity index is 634. The molecule has 112 valence electrons. The maximum atomic E-state index is 13.4. The highest BCUT2D eigenvalue weighted by molar-refractivity contribution is 8.13. The van der Waals surface area contributed by atoms with Crippen molar-refractivity contribution >= 4 is 25.6 Å². The molecule has 0 saturated heterocycles. The van der Waals surface area contributed by atoms with Crippen LogP contribution in [-0.2, 0) is 9.05 Å². The fourth-order valence-corrected chi connectivity index (χ4v) is 2.83. The maximum absolute atomic E-state index is 13.4. The van der Waals surface area contributed by atoms with Crippen molar-refractivity contribution < 1.29 is 26.4 Å². The average molecular weight is 330 g/mol. The lowest BCUT2D eigenvalue weighted by molar-refractivity contribution is 0.0619. The van der Waals surface area contributed by atoms with Crippen molar-refractivity contribution in [2.45, 2.75) is 18.2 Å². The number of amides is 1. The first-order chi connectivity index (χ1) is 9.04. The van der Waals surface area contributed by atoms with Gasteiger partial charge in [0.25, 0.3) is 21.4 Å². The zero-order valence-corrected chi connectivity index (χ0v) is 12.1. The van der Waals surface area contributed by atoms with Gasteiger partial charge in [-0.2, -0.15) is 0 Å². The summed E-state index contributed by atoms with van der Waals surface area (Å²) in [6, 6.07) is 1.45. The number of hydrogen-bond donors (Lipinski definition) is 0. The van der Waals surface area contributed by atoms with Crippen molar-refractivity contribution in [3.63, 3.8) is 0 Å². The summed E-state index contributed by atoms with van der Waals surface area (Å²) in [5, 5.41) is 0. The predicted octanol–water partition coefficient (Wildman–Crippen LogP) is 2.40. The minimum absolute atomic E-state index is 0.0903. The summed E-state index contributed by atoms with van der Waals surface area (Å²) in [4.78, 5) is 12.0. The van der Waals surface area contributed by atoms with Gasteiger partial charge in [0, 0.05) is 23.3 Å². The van der Waals surface area contributed by atoms with Crippen molar-refractivity contribution in [3.05, 3.63) is 29.1 Å². The largest absolute Gasteiger partial charge is 0.336 e. The minimum Gasteiger partial charge on any atom is -0.336 e. The van der Waals surface area contributed by atoms with E-state index in [4.69, 9.17) is 10.7 Å². The molecule has 0 N–H and O–H groups in total. The van der Waals surface area contributed by atoms with Gasteiger partial charge in [0.05, 0.1) is 11.4 Å². The number of rotatable bonds is 4. The number of nitrogens with zero attached hydrogens (tertiary/aromatic N) is 1. The van der Waals surface area contributed by atoms with Crippen LogP contribution in [0.25, 0.3) is 0 Å². The topological polar surface area (TPSA) is 54.5 Å². The van der Waals surface area contributed by atoms with Crippen LogP contribution in [0.2, 0.25) is 0 Å². The van der Waals surface area contributed by atoms with Gasteiger partial charge in [-0.15, -0.1) is 0 Å². The fraction of sp³-hybridized carbons (Fsp3) is 0.364. The predicted molar refractivity (Wildman–Crippen MR) is 67.1 cm³/mol. The Balaban J connectivity index is 3.33. The molecule has 0 bridgehead atoms. The smallest absolute Gasteiger partial charge is 0.261 e. The first-order valence-corrected chi connectivity index (χ1v) is 7.63. The number of carbonyl (C=O) groups excluding carboxylic acids is 1. The Labute approximate surface area is 118 Å². The molecule has 1 aromatic rings. The van der Waals surface area contributed by atoms with Crippen LogP contribution in [0.15, 0.2) is 17.0 Å². The van der Waals surface area contributed by atoms with E-state index in [0.29, 0.717) is 11.0 Å². The second kappa shape index (κ2) is 6.01. The normalized spacial score (nSPS) is 11.8. The van der Waals surface area contributed by atoms with Crippen LogP contribution in [0, 0.1) is 12.7 Å². The van der Waals surface area contributed by atoms with Gasteiger partial charge in [0.2, 0.25) is 0 Å². The van der Waals surface area contributed by atoms with Crippen molar-refractivity contribution in [1.82, 2.24) is 4.90 Å². The van der Waals surface area contributed by atoms with Crippen LogP contribution < -0.4 is 0 Å². The Morgan fingerprint density at radius 2 is 1.95 bits per heavy atom. The first kappa shape index (κ1) is 16.8. The number of carbonyl (C=O) groups is 1. The van der Waals surface area contributed by atoms with Gasteiger partial charge < -0.3 is 4.90 Å². The van der Waals surface area contributed by atoms with Crippen molar-refractivity contribution in [3.8, 4) is 0 Å². The number of hydrogen-bond acceptors (Lipinski definition) is 3. The van der Waals surface area contributed by atoms with Crippen LogP contribution in [0.4, 0.5) is 13.2 Å². The molecule has 0 radical (unpaired) electrons. The van der Waals surface area contributed by atoms with E-state index < -0.39 is 38.6 Å². The first-order valence-electron chi connectivity index (χ1n) is 5.32. The molecule has 1 aromatic carbocycles. The molecule has 0 heterocycles. The SMILES string of the molecule is Cc1c(C(=O)N(C)CC(F)F)cc(F)cc1S(=O)(=O)Cl. The van der Waals surface area contributed by atoms with E-state index in [9.17, 15) is 26.4 Å². The summed E-state index contributed by atoms with van der Waals surface area (Å²) in [5.41, 5.74) is -0.417. The highest BCUT2D eigenvalue weighted by Crippen LogP contribution is 2.25. The van der Waals surface area contributed by atoms with Gasteiger partial charge in [0.1, 0.15) is 5.82 Å². The Kier molecular flexibility index (Phi) is 5.04. The fourth-order valence-electron chi connectivity index (χ4n) is 1.62. The molecule has 20 heavy (non-hydrogen) atoms. The lowest BCUT2D eigenvalue weighted by Crippen LogP contribution is -2.32. The number of benzene rings is 1. The molecule has 1 rings (SSSR count). The zero-order valence-electron chi connectivity index (χ0n) is 10.5. The van der Waals surface area contributed by atoms with Gasteiger partial charge in [-0.3, -0.25) is 4.79 Å². The van der Waals surface area contributed by atoms with E-state index >= 15 is 0 Å². The molecule has 0 fully saturated rings. The molecule has 0 aromatic heterocycles. The standard InChI is InChI=1S/C11H11ClF3NO3S/c1-6-8(11(17)16(2)5-10(14)15)3-7(13)4-9(6)20(12,18)19/h3-4,10H,5H2,1-2H3. The molecule has 0 aliphatic heterocycles. The van der Waals surface area contributed by atoms with Crippen LogP contribution in [0.3, 0.4) is 0 Å². The summed E-state index contributed by atoms with van der Waals surface area (Å²) in [5.74, 6) is -1.91. The molecular formula is C11H11ClF3NO3S. The highest BCUT2D eigenvalue weighted by Gasteiger charge is 2.24. The molecule has 1 amide bonds. The average Bonchev–Trinajstić information content (AvgIpc) is 2.28. The van der Waals surface area contributed by atoms with Gasteiger partial charge in [-0.1, -0.05) is 0 Å². The third-order valence-electron chi connectivity index (χ3n) is 2.58. The third kappa shape index (κ3) is 3.86. The molecule has 0 unspecified atom stereocenters. The van der Waals surface area contributed by atoms with Crippen molar-refractivity contribution in [1.29, 1.82) is 0 Å². The van der Waals surface area contributed by atoms with Crippen molar-refractivity contribution in [2.24, 2.45) is 0 Å². The second-order valence-electron chi connectivity index (χ2n) is 4.09. The summed E-state index contributed by atoms with van der Waals surface area (Å²) in [6.07, 6.45) is -2.76. The van der Waals surface area contributed by atoms with E-state index in [1.165, 1.54) is 6.92 Å². The van der Waals surface area contributed by atoms with E-state index in [1.54, 1.807) is 0 Å². The molecule has 0 aliphatic rings. The van der Waals surface area contributed by atoms with Crippen LogP contribution in [-0.4, -0.2) is 39.2 Å². The molecule has 0 aliphatic carbocycles. The Morgan fingerprint density at radius 3 is 2.40 bits per heavy atom. The van der Waals surface area contributed by atoms with Crippen molar-refractivity contribution in [2.75, 3.05) is 13.6 Å². The van der Waals surface area contributed by atoms with Crippen LogP contribution >= 0.6 is 10.7 Å². The van der Waals surface area contributed by atoms with Crippen LogP contribution in [0.1, 0.15) is 15.9 Å².